The quantitative estimate of drug-likeness (QED) is 0.778. The molecule has 0 radical (unpaired) electrons. The van der Waals surface area contributed by atoms with Crippen molar-refractivity contribution in [3.05, 3.63) is 73.0 Å². The molecule has 1 aliphatic rings. The van der Waals surface area contributed by atoms with E-state index in [-0.39, 0.29) is 11.0 Å². The Labute approximate surface area is 163 Å². The van der Waals surface area contributed by atoms with Gasteiger partial charge in [-0.25, -0.2) is 0 Å². The summed E-state index contributed by atoms with van der Waals surface area (Å²) in [6.45, 7) is 7.98. The second-order valence-electron chi connectivity index (χ2n) is 8.21. The Morgan fingerprint density at radius 3 is 2.04 bits per heavy atom. The first kappa shape index (κ1) is 19.9. The lowest BCUT2D eigenvalue weighted by molar-refractivity contribution is 0.0545. The van der Waals surface area contributed by atoms with E-state index in [1.165, 1.54) is 10.4 Å². The van der Waals surface area contributed by atoms with E-state index in [9.17, 15) is 5.11 Å². The molecule has 0 saturated heterocycles. The molecule has 2 atom stereocenters. The fourth-order valence-corrected chi connectivity index (χ4v) is 8.53. The Kier molecular flexibility index (Phi) is 6.20. The first-order valence-corrected chi connectivity index (χ1v) is 11.6. The average molecular weight is 383 g/mol. The summed E-state index contributed by atoms with van der Waals surface area (Å²) in [4.78, 5) is 0. The van der Waals surface area contributed by atoms with E-state index in [0.717, 1.165) is 6.42 Å². The van der Waals surface area contributed by atoms with Crippen LogP contribution < -0.4 is 10.4 Å². The van der Waals surface area contributed by atoms with Gasteiger partial charge in [-0.05, 0) is 27.9 Å². The zero-order valence-corrected chi connectivity index (χ0v) is 17.5. The standard InChI is InChI=1S/C23H30O3Si/c1-23(2,3)27(20-10-6-4-7-11-20,21-12-8-5-9-13-21)26-17-14-19-18-25-16-15-22(19)24/h4-13,15-16,19,22,24H,14,17-18H2,1-3H3/t19-,22+/m1/s1. The smallest absolute Gasteiger partial charge is 0.261 e. The normalized spacial score (nSPS) is 20.3. The molecule has 144 valence electrons. The van der Waals surface area contributed by atoms with E-state index >= 15 is 0 Å². The van der Waals surface area contributed by atoms with Crippen LogP contribution in [-0.4, -0.2) is 32.7 Å². The first-order chi connectivity index (χ1) is 12.9. The van der Waals surface area contributed by atoms with Crippen molar-refractivity contribution in [2.75, 3.05) is 13.2 Å². The molecule has 27 heavy (non-hydrogen) atoms. The minimum Gasteiger partial charge on any atom is -0.501 e. The van der Waals surface area contributed by atoms with E-state index in [4.69, 9.17) is 9.16 Å². The van der Waals surface area contributed by atoms with Crippen LogP contribution in [0.3, 0.4) is 0 Å². The van der Waals surface area contributed by atoms with Crippen molar-refractivity contribution in [3.63, 3.8) is 0 Å². The van der Waals surface area contributed by atoms with Crippen LogP contribution in [0.1, 0.15) is 27.2 Å². The third-order valence-electron chi connectivity index (χ3n) is 5.39. The lowest BCUT2D eigenvalue weighted by atomic mass is 9.99. The monoisotopic (exact) mass is 382 g/mol. The van der Waals surface area contributed by atoms with Gasteiger partial charge in [-0.15, -0.1) is 0 Å². The Morgan fingerprint density at radius 2 is 1.56 bits per heavy atom. The van der Waals surface area contributed by atoms with E-state index in [0.29, 0.717) is 13.2 Å². The number of benzene rings is 2. The molecular weight excluding hydrogens is 352 g/mol. The minimum absolute atomic E-state index is 0.0305. The zero-order chi connectivity index (χ0) is 19.3. The molecule has 0 amide bonds. The molecule has 1 N–H and O–H groups in total. The van der Waals surface area contributed by atoms with Gasteiger partial charge in [0.25, 0.3) is 8.32 Å². The lowest BCUT2D eigenvalue weighted by Crippen LogP contribution is -2.66. The van der Waals surface area contributed by atoms with E-state index in [1.807, 2.05) is 0 Å². The molecule has 3 nitrogen and oxygen atoms in total. The minimum atomic E-state index is -2.50. The summed E-state index contributed by atoms with van der Waals surface area (Å²) in [6.07, 6.45) is 3.62. The summed E-state index contributed by atoms with van der Waals surface area (Å²) in [5.74, 6) is 0.0771. The van der Waals surface area contributed by atoms with Gasteiger partial charge >= 0.3 is 0 Å². The molecule has 0 fully saturated rings. The van der Waals surface area contributed by atoms with Gasteiger partial charge in [-0.1, -0.05) is 81.4 Å². The zero-order valence-electron chi connectivity index (χ0n) is 16.5. The van der Waals surface area contributed by atoms with Gasteiger partial charge in [0.2, 0.25) is 0 Å². The van der Waals surface area contributed by atoms with Crippen LogP contribution in [0.25, 0.3) is 0 Å². The highest BCUT2D eigenvalue weighted by Crippen LogP contribution is 2.37. The summed E-state index contributed by atoms with van der Waals surface area (Å²) in [7, 11) is -2.50. The predicted octanol–water partition coefficient (Wildman–Crippen LogP) is 3.47. The van der Waals surface area contributed by atoms with E-state index in [1.54, 1.807) is 12.3 Å². The Hall–Kier alpha value is -1.88. The summed E-state index contributed by atoms with van der Waals surface area (Å²) >= 11 is 0. The van der Waals surface area contributed by atoms with Gasteiger partial charge < -0.3 is 14.3 Å². The largest absolute Gasteiger partial charge is 0.501 e. The number of aliphatic hydroxyl groups is 1. The Bertz CT molecular complexity index is 698. The third-order valence-corrected chi connectivity index (χ3v) is 10.4. The molecule has 4 heteroatoms. The summed E-state index contributed by atoms with van der Waals surface area (Å²) in [5.41, 5.74) is 0. The van der Waals surface area contributed by atoms with Gasteiger partial charge in [-0.3, -0.25) is 0 Å². The molecule has 0 bridgehead atoms. The molecule has 0 unspecified atom stereocenters. The number of aliphatic hydroxyl groups excluding tert-OH is 1. The molecule has 2 aromatic carbocycles. The van der Waals surface area contributed by atoms with Crippen LogP contribution in [0.5, 0.6) is 0 Å². The molecule has 0 aliphatic carbocycles. The highest BCUT2D eigenvalue weighted by atomic mass is 28.4. The highest BCUT2D eigenvalue weighted by molar-refractivity contribution is 6.99. The van der Waals surface area contributed by atoms with Crippen LogP contribution in [-0.2, 0) is 9.16 Å². The summed E-state index contributed by atoms with van der Waals surface area (Å²) in [6, 6.07) is 21.3. The highest BCUT2D eigenvalue weighted by Gasteiger charge is 2.50. The molecule has 0 aromatic heterocycles. The number of ether oxygens (including phenoxy) is 1. The van der Waals surface area contributed by atoms with Crippen LogP contribution in [0.15, 0.2) is 73.0 Å². The first-order valence-electron chi connectivity index (χ1n) is 9.66. The number of hydrogen-bond acceptors (Lipinski definition) is 3. The van der Waals surface area contributed by atoms with Gasteiger partial charge in [-0.2, -0.15) is 0 Å². The Balaban J connectivity index is 1.93. The van der Waals surface area contributed by atoms with Crippen LogP contribution >= 0.6 is 0 Å². The average Bonchev–Trinajstić information content (AvgIpc) is 2.67. The lowest BCUT2D eigenvalue weighted by Gasteiger charge is -2.43. The predicted molar refractivity (Wildman–Crippen MR) is 113 cm³/mol. The maximum Gasteiger partial charge on any atom is 0.261 e. The topological polar surface area (TPSA) is 38.7 Å². The number of rotatable bonds is 6. The molecular formula is C23H30O3Si. The summed E-state index contributed by atoms with van der Waals surface area (Å²) in [5, 5.41) is 12.7. The van der Waals surface area contributed by atoms with Crippen molar-refractivity contribution in [3.8, 4) is 0 Å². The van der Waals surface area contributed by atoms with Gasteiger partial charge in [0.15, 0.2) is 0 Å². The molecule has 2 aromatic rings. The van der Waals surface area contributed by atoms with Crippen molar-refractivity contribution in [1.29, 1.82) is 0 Å². The SMILES string of the molecule is CC(C)(C)[Si](OCC[C@@H]1COC=C[C@@H]1O)(c1ccccc1)c1ccccc1. The van der Waals surface area contributed by atoms with Crippen LogP contribution in [0, 0.1) is 5.92 Å². The van der Waals surface area contributed by atoms with Crippen molar-refractivity contribution in [2.45, 2.75) is 38.3 Å². The second-order valence-corrected chi connectivity index (χ2v) is 12.5. The second kappa shape index (κ2) is 8.42. The molecule has 1 aliphatic heterocycles. The maximum absolute atomic E-state index is 10.2. The van der Waals surface area contributed by atoms with Crippen molar-refractivity contribution in [1.82, 2.24) is 0 Å². The summed E-state index contributed by atoms with van der Waals surface area (Å²) < 4.78 is 12.3. The van der Waals surface area contributed by atoms with Gasteiger partial charge in [0.05, 0.1) is 19.0 Å². The van der Waals surface area contributed by atoms with Crippen LogP contribution in [0.2, 0.25) is 5.04 Å². The third kappa shape index (κ3) is 4.18. The van der Waals surface area contributed by atoms with Crippen molar-refractivity contribution >= 4 is 18.7 Å². The van der Waals surface area contributed by atoms with E-state index < -0.39 is 14.4 Å². The van der Waals surface area contributed by atoms with Crippen molar-refractivity contribution in [2.24, 2.45) is 5.92 Å². The van der Waals surface area contributed by atoms with Crippen molar-refractivity contribution < 1.29 is 14.3 Å². The fourth-order valence-electron chi connectivity index (χ4n) is 3.95. The van der Waals surface area contributed by atoms with Crippen LogP contribution in [0.4, 0.5) is 0 Å². The fraction of sp³-hybridized carbons (Fsp3) is 0.391. The molecule has 0 spiro atoms. The maximum atomic E-state index is 10.2. The molecule has 0 saturated carbocycles. The van der Waals surface area contributed by atoms with Gasteiger partial charge in [0.1, 0.15) is 0 Å². The molecule has 3 rings (SSSR count). The van der Waals surface area contributed by atoms with E-state index in [2.05, 4.69) is 81.4 Å². The molecule has 1 heterocycles. The Morgan fingerprint density at radius 1 is 1.00 bits per heavy atom. The van der Waals surface area contributed by atoms with Gasteiger partial charge in [0, 0.05) is 12.5 Å². The number of hydrogen-bond donors (Lipinski definition) is 1.